The summed E-state index contributed by atoms with van der Waals surface area (Å²) in [5.41, 5.74) is 0.122. The molecule has 1 saturated carbocycles. The van der Waals surface area contributed by atoms with Crippen LogP contribution in [0.2, 0.25) is 0 Å². The Morgan fingerprint density at radius 2 is 2.09 bits per heavy atom. The zero-order valence-electron chi connectivity index (χ0n) is 12.9. The standard InChI is InChI=1S/C17H20FN3OS/c18-14-8-4-3-7-13(14)15(22)11-23-17-19-16(20-21-17)10-9-12-5-1-2-6-12/h3-4,7-8,12H,1-2,5-6,9-11H2,(H,19,20,21). The number of thioether (sulfide) groups is 1. The average Bonchev–Trinajstić information content (AvgIpc) is 3.22. The van der Waals surface area contributed by atoms with Crippen molar-refractivity contribution in [3.05, 3.63) is 41.5 Å². The number of hydrogen-bond donors (Lipinski definition) is 1. The molecule has 1 N–H and O–H groups in total. The molecule has 6 heteroatoms. The molecule has 23 heavy (non-hydrogen) atoms. The van der Waals surface area contributed by atoms with Crippen LogP contribution in [0, 0.1) is 11.7 Å². The molecule has 122 valence electrons. The predicted molar refractivity (Wildman–Crippen MR) is 88.1 cm³/mol. The van der Waals surface area contributed by atoms with E-state index in [-0.39, 0.29) is 17.1 Å². The van der Waals surface area contributed by atoms with Crippen LogP contribution >= 0.6 is 11.8 Å². The lowest BCUT2D eigenvalue weighted by Gasteiger charge is -2.05. The van der Waals surface area contributed by atoms with Gasteiger partial charge in [-0.3, -0.25) is 9.89 Å². The van der Waals surface area contributed by atoms with Gasteiger partial charge in [-0.15, -0.1) is 5.10 Å². The van der Waals surface area contributed by atoms with Crippen LogP contribution in [0.15, 0.2) is 29.4 Å². The van der Waals surface area contributed by atoms with Gasteiger partial charge in [-0.2, -0.15) is 0 Å². The number of nitrogens with zero attached hydrogens (tertiary/aromatic N) is 2. The summed E-state index contributed by atoms with van der Waals surface area (Å²) in [6.07, 6.45) is 7.40. The third kappa shape index (κ3) is 4.41. The molecule has 2 aromatic rings. The van der Waals surface area contributed by atoms with Gasteiger partial charge in [-0.25, -0.2) is 9.37 Å². The lowest BCUT2D eigenvalue weighted by molar-refractivity contribution is 0.101. The molecule has 0 atom stereocenters. The molecule has 4 nitrogen and oxygen atoms in total. The number of benzene rings is 1. The van der Waals surface area contributed by atoms with E-state index in [9.17, 15) is 9.18 Å². The number of Topliss-reactive ketones (excluding diaryl/α,β-unsaturated/α-hetero) is 1. The summed E-state index contributed by atoms with van der Waals surface area (Å²) in [5.74, 6) is 1.10. The molecule has 0 amide bonds. The van der Waals surface area contributed by atoms with Crippen molar-refractivity contribution in [1.82, 2.24) is 15.2 Å². The third-order valence-electron chi connectivity index (χ3n) is 4.28. The monoisotopic (exact) mass is 333 g/mol. The van der Waals surface area contributed by atoms with Crippen molar-refractivity contribution in [1.29, 1.82) is 0 Å². The molecule has 0 radical (unpaired) electrons. The van der Waals surface area contributed by atoms with E-state index in [4.69, 9.17) is 0 Å². The Morgan fingerprint density at radius 3 is 2.87 bits per heavy atom. The first-order valence-electron chi connectivity index (χ1n) is 8.04. The Hall–Kier alpha value is -1.69. The normalized spacial score (nSPS) is 15.2. The number of hydrogen-bond acceptors (Lipinski definition) is 4. The van der Waals surface area contributed by atoms with E-state index >= 15 is 0 Å². The zero-order valence-corrected chi connectivity index (χ0v) is 13.7. The van der Waals surface area contributed by atoms with Crippen LogP contribution in [0.4, 0.5) is 4.39 Å². The van der Waals surface area contributed by atoms with Gasteiger partial charge in [0.2, 0.25) is 5.16 Å². The maximum atomic E-state index is 13.6. The van der Waals surface area contributed by atoms with Crippen molar-refractivity contribution in [2.24, 2.45) is 5.92 Å². The summed E-state index contributed by atoms with van der Waals surface area (Å²) in [4.78, 5) is 16.4. The Balaban J connectivity index is 1.49. The Labute approximate surface area is 139 Å². The number of carbonyl (C=O) groups excluding carboxylic acids is 1. The molecule has 0 aliphatic heterocycles. The van der Waals surface area contributed by atoms with Crippen molar-refractivity contribution in [3.8, 4) is 0 Å². The molecule has 0 saturated heterocycles. The van der Waals surface area contributed by atoms with Crippen molar-refractivity contribution in [3.63, 3.8) is 0 Å². The van der Waals surface area contributed by atoms with Crippen molar-refractivity contribution >= 4 is 17.5 Å². The maximum absolute atomic E-state index is 13.6. The lowest BCUT2D eigenvalue weighted by Crippen LogP contribution is -2.05. The predicted octanol–water partition coefficient (Wildman–Crippen LogP) is 4.04. The Kier molecular flexibility index (Phi) is 5.43. The van der Waals surface area contributed by atoms with E-state index in [1.54, 1.807) is 12.1 Å². The molecule has 1 aliphatic rings. The quantitative estimate of drug-likeness (QED) is 0.613. The van der Waals surface area contributed by atoms with Crippen molar-refractivity contribution < 1.29 is 9.18 Å². The number of halogens is 1. The number of aryl methyl sites for hydroxylation is 1. The van der Waals surface area contributed by atoms with Crippen LogP contribution in [0.3, 0.4) is 0 Å². The molecule has 0 spiro atoms. The summed E-state index contributed by atoms with van der Waals surface area (Å²) in [6, 6.07) is 6.04. The lowest BCUT2D eigenvalue weighted by atomic mass is 10.0. The van der Waals surface area contributed by atoms with Crippen LogP contribution in [-0.2, 0) is 6.42 Å². The SMILES string of the molecule is O=C(CSc1n[nH]c(CCC2CCCC2)n1)c1ccccc1F. The van der Waals surface area contributed by atoms with E-state index in [2.05, 4.69) is 15.2 Å². The van der Waals surface area contributed by atoms with E-state index in [0.717, 1.165) is 24.6 Å². The molecule has 3 rings (SSSR count). The molecule has 1 aromatic heterocycles. The van der Waals surface area contributed by atoms with Gasteiger partial charge in [0.05, 0.1) is 11.3 Å². The number of aromatic amines is 1. The van der Waals surface area contributed by atoms with Crippen molar-refractivity contribution in [2.45, 2.75) is 43.7 Å². The number of rotatable bonds is 7. The second-order valence-corrected chi connectivity index (χ2v) is 6.89. The highest BCUT2D eigenvalue weighted by molar-refractivity contribution is 7.99. The Morgan fingerprint density at radius 1 is 1.30 bits per heavy atom. The van der Waals surface area contributed by atoms with Gasteiger partial charge in [0.25, 0.3) is 0 Å². The van der Waals surface area contributed by atoms with Crippen LogP contribution in [0.5, 0.6) is 0 Å². The molecule has 1 heterocycles. The number of ketones is 1. The second kappa shape index (κ2) is 7.73. The minimum atomic E-state index is -0.481. The van der Waals surface area contributed by atoms with E-state index < -0.39 is 5.82 Å². The summed E-state index contributed by atoms with van der Waals surface area (Å²) in [5, 5.41) is 7.62. The third-order valence-corrected chi connectivity index (χ3v) is 5.13. The fraction of sp³-hybridized carbons (Fsp3) is 0.471. The topological polar surface area (TPSA) is 58.6 Å². The Bertz CT molecular complexity index is 667. The fourth-order valence-electron chi connectivity index (χ4n) is 2.99. The highest BCUT2D eigenvalue weighted by Gasteiger charge is 2.16. The number of carbonyl (C=O) groups is 1. The second-order valence-electron chi connectivity index (χ2n) is 5.95. The molecule has 1 aromatic carbocycles. The zero-order chi connectivity index (χ0) is 16.1. The van der Waals surface area contributed by atoms with E-state index in [0.29, 0.717) is 5.16 Å². The molecule has 1 fully saturated rings. The minimum Gasteiger partial charge on any atom is -0.293 e. The van der Waals surface area contributed by atoms with Crippen LogP contribution < -0.4 is 0 Å². The largest absolute Gasteiger partial charge is 0.293 e. The van der Waals surface area contributed by atoms with Crippen LogP contribution in [0.25, 0.3) is 0 Å². The highest BCUT2D eigenvalue weighted by atomic mass is 32.2. The minimum absolute atomic E-state index is 0.122. The first-order chi connectivity index (χ1) is 11.2. The smallest absolute Gasteiger partial charge is 0.208 e. The molecular weight excluding hydrogens is 313 g/mol. The van der Waals surface area contributed by atoms with E-state index in [1.807, 2.05) is 0 Å². The molecule has 0 unspecified atom stereocenters. The first kappa shape index (κ1) is 16.2. The first-order valence-corrected chi connectivity index (χ1v) is 9.03. The van der Waals surface area contributed by atoms with Crippen molar-refractivity contribution in [2.75, 3.05) is 5.75 Å². The van der Waals surface area contributed by atoms with Crippen LogP contribution in [-0.4, -0.2) is 26.7 Å². The van der Waals surface area contributed by atoms with Gasteiger partial charge in [-0.1, -0.05) is 49.6 Å². The summed E-state index contributed by atoms with van der Waals surface area (Å²) in [6.45, 7) is 0. The van der Waals surface area contributed by atoms with Gasteiger partial charge >= 0.3 is 0 Å². The van der Waals surface area contributed by atoms with E-state index in [1.165, 1.54) is 49.6 Å². The van der Waals surface area contributed by atoms with Gasteiger partial charge < -0.3 is 0 Å². The average molecular weight is 333 g/mol. The van der Waals surface area contributed by atoms with Gasteiger partial charge in [-0.05, 0) is 24.5 Å². The number of aromatic nitrogens is 3. The molecular formula is C17H20FN3OS. The van der Waals surface area contributed by atoms with Gasteiger partial charge in [0.15, 0.2) is 5.78 Å². The maximum Gasteiger partial charge on any atom is 0.208 e. The highest BCUT2D eigenvalue weighted by Crippen LogP contribution is 2.28. The number of nitrogens with one attached hydrogen (secondary N) is 1. The van der Waals surface area contributed by atoms with Gasteiger partial charge in [0, 0.05) is 6.42 Å². The summed E-state index contributed by atoms with van der Waals surface area (Å²) in [7, 11) is 0. The molecule has 1 aliphatic carbocycles. The summed E-state index contributed by atoms with van der Waals surface area (Å²) >= 11 is 1.24. The van der Waals surface area contributed by atoms with Crippen LogP contribution in [0.1, 0.15) is 48.3 Å². The van der Waals surface area contributed by atoms with Gasteiger partial charge in [0.1, 0.15) is 11.6 Å². The fourth-order valence-corrected chi connectivity index (χ4v) is 3.69. The summed E-state index contributed by atoms with van der Waals surface area (Å²) < 4.78 is 13.6. The molecule has 0 bridgehead atoms. The number of H-pyrrole nitrogens is 1.